The highest BCUT2D eigenvalue weighted by molar-refractivity contribution is 6.32. The Bertz CT molecular complexity index is 460. The molecule has 98 valence electrons. The van der Waals surface area contributed by atoms with Gasteiger partial charge in [-0.25, -0.2) is 0 Å². The molecule has 2 N–H and O–H groups in total. The Morgan fingerprint density at radius 3 is 2.89 bits per heavy atom. The first-order valence-corrected chi connectivity index (χ1v) is 6.28. The highest BCUT2D eigenvalue weighted by Crippen LogP contribution is 2.47. The van der Waals surface area contributed by atoms with E-state index in [1.54, 1.807) is 6.07 Å². The van der Waals surface area contributed by atoms with Crippen LogP contribution in [-0.2, 0) is 4.74 Å². The van der Waals surface area contributed by atoms with Gasteiger partial charge in [0.15, 0.2) is 11.5 Å². The van der Waals surface area contributed by atoms with Crippen LogP contribution < -0.4 is 14.8 Å². The van der Waals surface area contributed by atoms with Gasteiger partial charge in [-0.05, 0) is 0 Å². The molecular formula is C12H14ClNO4. The normalized spacial score (nSPS) is 22.8. The van der Waals surface area contributed by atoms with Crippen molar-refractivity contribution < 1.29 is 19.3 Å². The summed E-state index contributed by atoms with van der Waals surface area (Å²) < 4.78 is 16.7. The van der Waals surface area contributed by atoms with Gasteiger partial charge < -0.3 is 24.6 Å². The molecule has 0 aliphatic carbocycles. The molecule has 1 atom stereocenters. The maximum atomic E-state index is 10.1. The lowest BCUT2D eigenvalue weighted by molar-refractivity contribution is 0.0229. The summed E-state index contributed by atoms with van der Waals surface area (Å²) in [6.45, 7) is 2.95. The van der Waals surface area contributed by atoms with Crippen molar-refractivity contribution in [1.82, 2.24) is 5.32 Å². The van der Waals surface area contributed by atoms with Gasteiger partial charge in [0, 0.05) is 19.2 Å². The molecule has 18 heavy (non-hydrogen) atoms. The molecule has 1 saturated heterocycles. The number of benzene rings is 1. The number of hydrogen-bond donors (Lipinski definition) is 2. The smallest absolute Gasteiger partial charge is 0.171 e. The molecule has 0 radical (unpaired) electrons. The molecule has 0 amide bonds. The van der Waals surface area contributed by atoms with Crippen molar-refractivity contribution in [3.05, 3.63) is 16.7 Å². The molecule has 0 bridgehead atoms. The Hall–Kier alpha value is -1.17. The highest BCUT2D eigenvalue weighted by atomic mass is 35.5. The quantitative estimate of drug-likeness (QED) is 0.810. The fourth-order valence-corrected chi connectivity index (χ4v) is 2.42. The van der Waals surface area contributed by atoms with E-state index in [4.69, 9.17) is 25.8 Å². The summed E-state index contributed by atoms with van der Waals surface area (Å²) in [6, 6.07) is 1.57. The third-order valence-electron chi connectivity index (χ3n) is 3.04. The van der Waals surface area contributed by atoms with E-state index >= 15 is 0 Å². The van der Waals surface area contributed by atoms with E-state index in [1.807, 2.05) is 0 Å². The maximum absolute atomic E-state index is 10.1. The molecule has 2 heterocycles. The number of nitrogens with one attached hydrogen (secondary N) is 1. The van der Waals surface area contributed by atoms with Gasteiger partial charge in [-0.3, -0.25) is 0 Å². The van der Waals surface area contributed by atoms with Crippen LogP contribution >= 0.6 is 11.6 Å². The van der Waals surface area contributed by atoms with Crippen molar-refractivity contribution in [2.75, 3.05) is 32.9 Å². The lowest BCUT2D eigenvalue weighted by Crippen LogP contribution is -2.34. The predicted molar refractivity (Wildman–Crippen MR) is 65.7 cm³/mol. The van der Waals surface area contributed by atoms with Gasteiger partial charge in [-0.1, -0.05) is 11.6 Å². The molecule has 6 heteroatoms. The van der Waals surface area contributed by atoms with Crippen LogP contribution in [0.2, 0.25) is 5.02 Å². The number of hydrogen-bond acceptors (Lipinski definition) is 5. The van der Waals surface area contributed by atoms with Gasteiger partial charge in [-0.2, -0.15) is 0 Å². The van der Waals surface area contributed by atoms with E-state index in [9.17, 15) is 5.11 Å². The van der Waals surface area contributed by atoms with Crippen molar-refractivity contribution in [2.45, 2.75) is 6.10 Å². The summed E-state index contributed by atoms with van der Waals surface area (Å²) in [5.74, 6) is 1.11. The van der Waals surface area contributed by atoms with Crippen LogP contribution in [0.5, 0.6) is 17.2 Å². The lowest BCUT2D eigenvalue weighted by atomic mass is 10.0. The number of morpholine rings is 1. The van der Waals surface area contributed by atoms with Crippen molar-refractivity contribution in [2.24, 2.45) is 0 Å². The second kappa shape index (κ2) is 4.84. The average molecular weight is 272 g/mol. The fourth-order valence-electron chi connectivity index (χ4n) is 2.22. The standard InChI is InChI=1S/C12H14ClNO4/c13-7-5-8-12(18-4-3-17-8)10(11(7)15)9-6-14-1-2-16-9/h5,9,14-15H,1-4,6H2. The van der Waals surface area contributed by atoms with Crippen LogP contribution in [0.1, 0.15) is 11.7 Å². The molecule has 1 fully saturated rings. The van der Waals surface area contributed by atoms with Crippen LogP contribution in [-0.4, -0.2) is 38.0 Å². The molecule has 0 aromatic heterocycles. The zero-order valence-corrected chi connectivity index (χ0v) is 10.5. The SMILES string of the molecule is Oc1c(Cl)cc2c(c1C1CNCCO1)OCCO2. The molecule has 0 spiro atoms. The summed E-state index contributed by atoms with van der Waals surface area (Å²) in [5.41, 5.74) is 0.574. The Morgan fingerprint density at radius 2 is 2.11 bits per heavy atom. The van der Waals surface area contributed by atoms with E-state index in [1.165, 1.54) is 0 Å². The monoisotopic (exact) mass is 271 g/mol. The number of rotatable bonds is 1. The van der Waals surface area contributed by atoms with Crippen LogP contribution in [0, 0.1) is 0 Å². The van der Waals surface area contributed by atoms with Gasteiger partial charge in [0.25, 0.3) is 0 Å². The molecule has 0 saturated carbocycles. The third-order valence-corrected chi connectivity index (χ3v) is 3.33. The minimum absolute atomic E-state index is 0.00890. The molecule has 5 nitrogen and oxygen atoms in total. The first-order valence-electron chi connectivity index (χ1n) is 5.90. The Kier molecular flexibility index (Phi) is 3.20. The van der Waals surface area contributed by atoms with Crippen molar-refractivity contribution >= 4 is 11.6 Å². The molecule has 1 unspecified atom stereocenters. The van der Waals surface area contributed by atoms with E-state index < -0.39 is 0 Å². The fraction of sp³-hybridized carbons (Fsp3) is 0.500. The second-order valence-electron chi connectivity index (χ2n) is 4.21. The second-order valence-corrected chi connectivity index (χ2v) is 4.62. The minimum atomic E-state index is -0.270. The van der Waals surface area contributed by atoms with Gasteiger partial charge in [0.05, 0.1) is 17.2 Å². The number of aromatic hydroxyl groups is 1. The molecular weight excluding hydrogens is 258 g/mol. The first kappa shape index (κ1) is 11.9. The third kappa shape index (κ3) is 1.98. The van der Waals surface area contributed by atoms with Gasteiger partial charge >= 0.3 is 0 Å². The molecule has 3 rings (SSSR count). The summed E-state index contributed by atoms with van der Waals surface area (Å²) >= 11 is 6.01. The van der Waals surface area contributed by atoms with Crippen LogP contribution in [0.25, 0.3) is 0 Å². The number of fused-ring (bicyclic) bond motifs is 1. The molecule has 2 aliphatic heterocycles. The number of phenols is 1. The first-order chi connectivity index (χ1) is 8.77. The highest BCUT2D eigenvalue weighted by Gasteiger charge is 2.29. The van der Waals surface area contributed by atoms with Crippen molar-refractivity contribution in [3.8, 4) is 17.2 Å². The summed E-state index contributed by atoms with van der Waals surface area (Å²) in [4.78, 5) is 0. The van der Waals surface area contributed by atoms with Gasteiger partial charge in [0.1, 0.15) is 25.1 Å². The Balaban J connectivity index is 2.07. The minimum Gasteiger partial charge on any atom is -0.506 e. The molecule has 1 aromatic carbocycles. The van der Waals surface area contributed by atoms with E-state index in [2.05, 4.69) is 5.32 Å². The predicted octanol–water partition coefficient (Wildman–Crippen LogP) is 1.48. The van der Waals surface area contributed by atoms with E-state index in [0.29, 0.717) is 43.4 Å². The van der Waals surface area contributed by atoms with Crippen LogP contribution in [0.15, 0.2) is 6.07 Å². The summed E-state index contributed by atoms with van der Waals surface area (Å²) in [7, 11) is 0. The van der Waals surface area contributed by atoms with Crippen LogP contribution in [0.3, 0.4) is 0 Å². The average Bonchev–Trinajstić information content (AvgIpc) is 2.41. The summed E-state index contributed by atoms with van der Waals surface area (Å²) in [5, 5.41) is 13.6. The van der Waals surface area contributed by atoms with E-state index in [0.717, 1.165) is 6.54 Å². The topological polar surface area (TPSA) is 60.0 Å². The Morgan fingerprint density at radius 1 is 1.28 bits per heavy atom. The number of ether oxygens (including phenoxy) is 3. The van der Waals surface area contributed by atoms with Gasteiger partial charge in [-0.15, -0.1) is 0 Å². The molecule has 1 aromatic rings. The maximum Gasteiger partial charge on any atom is 0.171 e. The largest absolute Gasteiger partial charge is 0.506 e. The van der Waals surface area contributed by atoms with Crippen molar-refractivity contribution in [1.29, 1.82) is 0 Å². The van der Waals surface area contributed by atoms with Crippen LogP contribution in [0.4, 0.5) is 0 Å². The zero-order valence-electron chi connectivity index (χ0n) is 9.74. The van der Waals surface area contributed by atoms with Gasteiger partial charge in [0.2, 0.25) is 0 Å². The number of phenolic OH excluding ortho intramolecular Hbond substituents is 1. The van der Waals surface area contributed by atoms with Crippen molar-refractivity contribution in [3.63, 3.8) is 0 Å². The number of halogens is 1. The molecule has 2 aliphatic rings. The Labute approximate surface area is 110 Å². The zero-order chi connectivity index (χ0) is 12.5. The van der Waals surface area contributed by atoms with E-state index in [-0.39, 0.29) is 16.9 Å². The summed E-state index contributed by atoms with van der Waals surface area (Å²) in [6.07, 6.45) is -0.270. The lowest BCUT2D eigenvalue weighted by Gasteiger charge is -2.29.